The normalized spacial score (nSPS) is 11.3. The highest BCUT2D eigenvalue weighted by molar-refractivity contribution is 9.10. The van der Waals surface area contributed by atoms with Crippen molar-refractivity contribution in [2.75, 3.05) is 11.9 Å². The Hall–Kier alpha value is -2.38. The van der Waals surface area contributed by atoms with Crippen LogP contribution in [0.4, 0.5) is 5.69 Å². The summed E-state index contributed by atoms with van der Waals surface area (Å²) in [6.45, 7) is 1.00. The van der Waals surface area contributed by atoms with Crippen LogP contribution in [0.5, 0.6) is 0 Å². The molecule has 8 heteroatoms. The van der Waals surface area contributed by atoms with E-state index in [9.17, 15) is 14.4 Å². The third kappa shape index (κ3) is 5.86. The van der Waals surface area contributed by atoms with E-state index in [-0.39, 0.29) is 10.6 Å². The summed E-state index contributed by atoms with van der Waals surface area (Å²) in [5, 5.41) is 5.35. The average Bonchev–Trinajstić information content (AvgIpc) is 2.61. The van der Waals surface area contributed by atoms with E-state index >= 15 is 0 Å². The Bertz CT molecular complexity index is 811. The van der Waals surface area contributed by atoms with E-state index in [1.165, 1.54) is 6.92 Å². The van der Waals surface area contributed by atoms with Crippen LogP contribution in [0.1, 0.15) is 17.3 Å². The zero-order valence-electron chi connectivity index (χ0n) is 13.8. The minimum atomic E-state index is -0.931. The molecule has 0 aromatic heterocycles. The summed E-state index contributed by atoms with van der Waals surface area (Å²) in [5.41, 5.74) is 0.830. The maximum atomic E-state index is 12.1. The second-order valence-electron chi connectivity index (χ2n) is 5.34. The Kier molecular flexibility index (Phi) is 7.17. The highest BCUT2D eigenvalue weighted by atomic mass is 79.9. The van der Waals surface area contributed by atoms with Crippen molar-refractivity contribution in [3.8, 4) is 0 Å². The van der Waals surface area contributed by atoms with Crippen molar-refractivity contribution in [3.05, 3.63) is 63.6 Å². The van der Waals surface area contributed by atoms with E-state index < -0.39 is 30.4 Å². The van der Waals surface area contributed by atoms with Crippen LogP contribution in [-0.4, -0.2) is 30.4 Å². The molecule has 2 aromatic carbocycles. The van der Waals surface area contributed by atoms with Crippen LogP contribution >= 0.6 is 27.5 Å². The maximum Gasteiger partial charge on any atom is 0.328 e. The summed E-state index contributed by atoms with van der Waals surface area (Å²) in [5.74, 6) is -1.71. The number of hydrogen-bond acceptors (Lipinski definition) is 4. The van der Waals surface area contributed by atoms with Gasteiger partial charge >= 0.3 is 5.97 Å². The molecule has 2 aromatic rings. The molecule has 0 aliphatic rings. The fourth-order valence-corrected chi connectivity index (χ4v) is 2.46. The first-order valence-corrected chi connectivity index (χ1v) is 8.81. The summed E-state index contributed by atoms with van der Waals surface area (Å²) in [4.78, 5) is 35.8. The van der Waals surface area contributed by atoms with Gasteiger partial charge in [-0.1, -0.05) is 39.7 Å². The first kappa shape index (κ1) is 19.9. The van der Waals surface area contributed by atoms with Gasteiger partial charge in [-0.25, -0.2) is 4.79 Å². The second-order valence-corrected chi connectivity index (χ2v) is 6.66. The number of carbonyl (C=O) groups is 3. The first-order chi connectivity index (χ1) is 12.4. The molecule has 2 amide bonds. The predicted molar refractivity (Wildman–Crippen MR) is 102 cm³/mol. The van der Waals surface area contributed by atoms with Crippen LogP contribution in [0.2, 0.25) is 5.02 Å². The molecule has 1 atom stereocenters. The van der Waals surface area contributed by atoms with Crippen molar-refractivity contribution in [1.82, 2.24) is 5.32 Å². The van der Waals surface area contributed by atoms with Gasteiger partial charge in [0.2, 0.25) is 0 Å². The van der Waals surface area contributed by atoms with E-state index in [0.29, 0.717) is 5.69 Å². The van der Waals surface area contributed by atoms with Gasteiger partial charge in [-0.05, 0) is 43.3 Å². The first-order valence-electron chi connectivity index (χ1n) is 7.64. The van der Waals surface area contributed by atoms with Crippen molar-refractivity contribution in [3.63, 3.8) is 0 Å². The SMILES string of the molecule is C[C@H](NC(=O)c1ccccc1Cl)C(=O)OCC(=O)Nc1ccc(Br)cc1. The van der Waals surface area contributed by atoms with Crippen molar-refractivity contribution >= 4 is 51.0 Å². The summed E-state index contributed by atoms with van der Waals surface area (Å²) in [6.07, 6.45) is 0. The summed E-state index contributed by atoms with van der Waals surface area (Å²) < 4.78 is 5.80. The molecule has 0 bridgehead atoms. The molecule has 0 saturated heterocycles. The molecule has 0 radical (unpaired) electrons. The Balaban J connectivity index is 1.81. The fraction of sp³-hybridized carbons (Fsp3) is 0.167. The lowest BCUT2D eigenvalue weighted by Gasteiger charge is -2.14. The molecule has 2 N–H and O–H groups in total. The standard InChI is InChI=1S/C18H16BrClN2O4/c1-11(21-17(24)14-4-2-3-5-15(14)20)18(25)26-10-16(23)22-13-8-6-12(19)7-9-13/h2-9,11H,10H2,1H3,(H,21,24)(H,22,23)/t11-/m0/s1. The zero-order valence-corrected chi connectivity index (χ0v) is 16.1. The van der Waals surface area contributed by atoms with Crippen LogP contribution in [0, 0.1) is 0 Å². The van der Waals surface area contributed by atoms with E-state index in [2.05, 4.69) is 26.6 Å². The van der Waals surface area contributed by atoms with Gasteiger partial charge in [-0.2, -0.15) is 0 Å². The van der Waals surface area contributed by atoms with Crippen molar-refractivity contribution in [2.45, 2.75) is 13.0 Å². The number of anilines is 1. The van der Waals surface area contributed by atoms with Gasteiger partial charge in [-0.3, -0.25) is 9.59 Å². The zero-order chi connectivity index (χ0) is 19.1. The Morgan fingerprint density at radius 1 is 1.12 bits per heavy atom. The Morgan fingerprint density at radius 2 is 1.77 bits per heavy atom. The van der Waals surface area contributed by atoms with Gasteiger partial charge in [0.05, 0.1) is 10.6 Å². The molecule has 136 valence electrons. The number of hydrogen-bond donors (Lipinski definition) is 2. The van der Waals surface area contributed by atoms with Crippen LogP contribution < -0.4 is 10.6 Å². The van der Waals surface area contributed by atoms with Crippen LogP contribution in [-0.2, 0) is 14.3 Å². The molecular weight excluding hydrogens is 424 g/mol. The molecule has 0 saturated carbocycles. The molecule has 0 spiro atoms. The van der Waals surface area contributed by atoms with E-state index in [0.717, 1.165) is 4.47 Å². The van der Waals surface area contributed by atoms with Gasteiger partial charge < -0.3 is 15.4 Å². The lowest BCUT2D eigenvalue weighted by Crippen LogP contribution is -2.40. The third-order valence-corrected chi connectivity index (χ3v) is 4.15. The molecule has 6 nitrogen and oxygen atoms in total. The molecule has 0 fully saturated rings. The van der Waals surface area contributed by atoms with E-state index in [1.807, 2.05) is 0 Å². The fourth-order valence-electron chi connectivity index (χ4n) is 1.97. The van der Waals surface area contributed by atoms with E-state index in [4.69, 9.17) is 16.3 Å². The number of amides is 2. The van der Waals surface area contributed by atoms with Crippen LogP contribution in [0.25, 0.3) is 0 Å². The lowest BCUT2D eigenvalue weighted by atomic mass is 10.2. The lowest BCUT2D eigenvalue weighted by molar-refractivity contribution is -0.148. The quantitative estimate of drug-likeness (QED) is 0.676. The molecule has 0 aliphatic heterocycles. The van der Waals surface area contributed by atoms with Gasteiger partial charge in [0.25, 0.3) is 11.8 Å². The highest BCUT2D eigenvalue weighted by Gasteiger charge is 2.20. The summed E-state index contributed by atoms with van der Waals surface area (Å²) in [6, 6.07) is 12.5. The number of halogens is 2. The molecule has 26 heavy (non-hydrogen) atoms. The minimum Gasteiger partial charge on any atom is -0.454 e. The van der Waals surface area contributed by atoms with Crippen molar-refractivity contribution < 1.29 is 19.1 Å². The molecule has 0 heterocycles. The largest absolute Gasteiger partial charge is 0.454 e. The van der Waals surface area contributed by atoms with Crippen molar-refractivity contribution in [1.29, 1.82) is 0 Å². The van der Waals surface area contributed by atoms with Gasteiger partial charge in [0.1, 0.15) is 6.04 Å². The van der Waals surface area contributed by atoms with Crippen molar-refractivity contribution in [2.24, 2.45) is 0 Å². The minimum absolute atomic E-state index is 0.252. The van der Waals surface area contributed by atoms with Crippen LogP contribution in [0.3, 0.4) is 0 Å². The monoisotopic (exact) mass is 438 g/mol. The molecule has 0 unspecified atom stereocenters. The third-order valence-electron chi connectivity index (χ3n) is 3.29. The molecular formula is C18H16BrClN2O4. The number of esters is 1. The number of nitrogens with one attached hydrogen (secondary N) is 2. The van der Waals surface area contributed by atoms with Gasteiger partial charge in [0.15, 0.2) is 6.61 Å². The number of carbonyl (C=O) groups excluding carboxylic acids is 3. The van der Waals surface area contributed by atoms with Crippen LogP contribution in [0.15, 0.2) is 53.0 Å². The highest BCUT2D eigenvalue weighted by Crippen LogP contribution is 2.15. The summed E-state index contributed by atoms with van der Waals surface area (Å²) in [7, 11) is 0. The average molecular weight is 440 g/mol. The van der Waals surface area contributed by atoms with Gasteiger partial charge in [-0.15, -0.1) is 0 Å². The smallest absolute Gasteiger partial charge is 0.328 e. The number of ether oxygens (including phenoxy) is 1. The molecule has 0 aliphatic carbocycles. The summed E-state index contributed by atoms with van der Waals surface area (Å²) >= 11 is 9.23. The Morgan fingerprint density at radius 3 is 2.42 bits per heavy atom. The van der Waals surface area contributed by atoms with Gasteiger partial charge in [0, 0.05) is 10.2 Å². The van der Waals surface area contributed by atoms with E-state index in [1.54, 1.807) is 48.5 Å². The predicted octanol–water partition coefficient (Wildman–Crippen LogP) is 3.40. The topological polar surface area (TPSA) is 84.5 Å². The number of rotatable bonds is 6. The number of benzene rings is 2. The maximum absolute atomic E-state index is 12.1. The Labute approximate surface area is 164 Å². The second kappa shape index (κ2) is 9.35. The molecule has 2 rings (SSSR count).